The molecule has 0 aliphatic rings. The highest BCUT2D eigenvalue weighted by Gasteiger charge is 1.98. The average molecular weight is 263 g/mol. The molecule has 0 atom stereocenters. The molecule has 0 bridgehead atoms. The molecule has 0 amide bonds. The molecule has 0 aliphatic carbocycles. The smallest absolute Gasteiger partial charge is 0.0451 e. The number of aromatic nitrogens is 1. The molecule has 2 aromatic carbocycles. The fourth-order valence-electron chi connectivity index (χ4n) is 2.22. The van der Waals surface area contributed by atoms with Crippen LogP contribution in [0, 0.1) is 13.8 Å². The van der Waals surface area contributed by atoms with Crippen molar-refractivity contribution in [1.82, 2.24) is 4.98 Å². The summed E-state index contributed by atoms with van der Waals surface area (Å²) < 4.78 is 0. The number of aryl methyl sites for hydroxylation is 3. The van der Waals surface area contributed by atoms with Crippen LogP contribution in [0.1, 0.15) is 23.7 Å². The SMILES string of the molecule is CCc1ccccc1.Cc1cccc2c(C)nccc12. The lowest BCUT2D eigenvalue weighted by molar-refractivity contribution is 1.14. The van der Waals surface area contributed by atoms with Crippen LogP contribution in [0.2, 0.25) is 0 Å². The summed E-state index contributed by atoms with van der Waals surface area (Å²) in [5, 5.41) is 2.57. The number of pyridine rings is 1. The predicted octanol–water partition coefficient (Wildman–Crippen LogP) is 5.10. The highest BCUT2D eigenvalue weighted by molar-refractivity contribution is 5.86. The first-order chi connectivity index (χ1) is 9.72. The highest BCUT2D eigenvalue weighted by atomic mass is 14.7. The maximum Gasteiger partial charge on any atom is 0.0451 e. The van der Waals surface area contributed by atoms with Crippen LogP contribution in [0.3, 0.4) is 0 Å². The van der Waals surface area contributed by atoms with Crippen LogP contribution in [0.5, 0.6) is 0 Å². The molecule has 0 unspecified atom stereocenters. The molecule has 20 heavy (non-hydrogen) atoms. The lowest BCUT2D eigenvalue weighted by Gasteiger charge is -2.02. The van der Waals surface area contributed by atoms with Crippen LogP contribution >= 0.6 is 0 Å². The van der Waals surface area contributed by atoms with Crippen LogP contribution in [0.4, 0.5) is 0 Å². The van der Waals surface area contributed by atoms with Crippen molar-refractivity contribution in [2.45, 2.75) is 27.2 Å². The monoisotopic (exact) mass is 263 g/mol. The fourth-order valence-corrected chi connectivity index (χ4v) is 2.22. The van der Waals surface area contributed by atoms with Gasteiger partial charge in [-0.1, -0.05) is 55.5 Å². The first kappa shape index (κ1) is 14.3. The van der Waals surface area contributed by atoms with Gasteiger partial charge in [0, 0.05) is 17.3 Å². The second-order valence-electron chi connectivity index (χ2n) is 4.91. The van der Waals surface area contributed by atoms with Gasteiger partial charge in [-0.3, -0.25) is 4.98 Å². The first-order valence-corrected chi connectivity index (χ1v) is 7.07. The molecule has 0 N–H and O–H groups in total. The summed E-state index contributed by atoms with van der Waals surface area (Å²) in [4.78, 5) is 4.25. The Hall–Kier alpha value is -2.15. The average Bonchev–Trinajstić information content (AvgIpc) is 2.50. The van der Waals surface area contributed by atoms with Gasteiger partial charge in [0.05, 0.1) is 0 Å². The maximum absolute atomic E-state index is 4.25. The van der Waals surface area contributed by atoms with E-state index < -0.39 is 0 Å². The molecule has 0 aliphatic heterocycles. The Morgan fingerprint density at radius 3 is 2.15 bits per heavy atom. The molecule has 1 nitrogen and oxygen atoms in total. The molecule has 3 rings (SSSR count). The van der Waals surface area contributed by atoms with Gasteiger partial charge in [0.2, 0.25) is 0 Å². The van der Waals surface area contributed by atoms with Crippen molar-refractivity contribution in [3.8, 4) is 0 Å². The number of fused-ring (bicyclic) bond motifs is 1. The lowest BCUT2D eigenvalue weighted by atomic mass is 10.1. The zero-order valence-corrected chi connectivity index (χ0v) is 12.4. The van der Waals surface area contributed by atoms with Crippen molar-refractivity contribution in [2.24, 2.45) is 0 Å². The summed E-state index contributed by atoms with van der Waals surface area (Å²) in [5.74, 6) is 0. The van der Waals surface area contributed by atoms with Gasteiger partial charge in [-0.05, 0) is 42.8 Å². The van der Waals surface area contributed by atoms with E-state index >= 15 is 0 Å². The molecule has 3 aromatic rings. The summed E-state index contributed by atoms with van der Waals surface area (Å²) >= 11 is 0. The van der Waals surface area contributed by atoms with Crippen LogP contribution in [0.25, 0.3) is 10.8 Å². The van der Waals surface area contributed by atoms with Crippen molar-refractivity contribution < 1.29 is 0 Å². The van der Waals surface area contributed by atoms with Gasteiger partial charge < -0.3 is 0 Å². The summed E-state index contributed by atoms with van der Waals surface area (Å²) in [6.45, 7) is 6.33. The van der Waals surface area contributed by atoms with Gasteiger partial charge in [0.25, 0.3) is 0 Å². The van der Waals surface area contributed by atoms with Crippen LogP contribution in [-0.4, -0.2) is 4.98 Å². The van der Waals surface area contributed by atoms with Crippen molar-refractivity contribution >= 4 is 10.8 Å². The highest BCUT2D eigenvalue weighted by Crippen LogP contribution is 2.19. The van der Waals surface area contributed by atoms with Crippen molar-refractivity contribution in [3.63, 3.8) is 0 Å². The van der Waals surface area contributed by atoms with E-state index in [1.54, 1.807) is 0 Å². The summed E-state index contributed by atoms with van der Waals surface area (Å²) in [6, 6.07) is 18.8. The topological polar surface area (TPSA) is 12.9 Å². The summed E-state index contributed by atoms with van der Waals surface area (Å²) in [6.07, 6.45) is 3.01. The van der Waals surface area contributed by atoms with Crippen LogP contribution in [0.15, 0.2) is 60.8 Å². The van der Waals surface area contributed by atoms with E-state index in [1.165, 1.54) is 21.9 Å². The summed E-state index contributed by atoms with van der Waals surface area (Å²) in [5.41, 5.74) is 3.83. The fraction of sp³-hybridized carbons (Fsp3) is 0.211. The minimum atomic E-state index is 1.11. The third-order valence-electron chi connectivity index (χ3n) is 3.47. The van der Waals surface area contributed by atoms with E-state index in [1.807, 2.05) is 19.2 Å². The number of benzene rings is 2. The minimum absolute atomic E-state index is 1.11. The third-order valence-corrected chi connectivity index (χ3v) is 3.47. The van der Waals surface area contributed by atoms with E-state index in [9.17, 15) is 0 Å². The number of hydrogen-bond acceptors (Lipinski definition) is 1. The Labute approximate surface area is 121 Å². The van der Waals surface area contributed by atoms with E-state index in [0.717, 1.165) is 12.1 Å². The van der Waals surface area contributed by atoms with E-state index in [-0.39, 0.29) is 0 Å². The Morgan fingerprint density at radius 1 is 0.800 bits per heavy atom. The lowest BCUT2D eigenvalue weighted by Crippen LogP contribution is -1.84. The molecule has 0 spiro atoms. The molecule has 0 fully saturated rings. The largest absolute Gasteiger partial charge is 0.261 e. The zero-order chi connectivity index (χ0) is 14.4. The maximum atomic E-state index is 4.25. The van der Waals surface area contributed by atoms with Crippen LogP contribution < -0.4 is 0 Å². The normalized spacial score (nSPS) is 9.95. The molecule has 0 saturated heterocycles. The van der Waals surface area contributed by atoms with Gasteiger partial charge in [-0.15, -0.1) is 0 Å². The molecule has 0 saturated carbocycles. The van der Waals surface area contributed by atoms with Gasteiger partial charge in [0.15, 0.2) is 0 Å². The van der Waals surface area contributed by atoms with Gasteiger partial charge >= 0.3 is 0 Å². The Bertz CT molecular complexity index is 630. The molecule has 102 valence electrons. The molecule has 1 heteroatoms. The second kappa shape index (κ2) is 6.85. The van der Waals surface area contributed by atoms with Crippen molar-refractivity contribution in [2.75, 3.05) is 0 Å². The number of nitrogens with zero attached hydrogens (tertiary/aromatic N) is 1. The molecular formula is C19H21N. The second-order valence-corrected chi connectivity index (χ2v) is 4.91. The van der Waals surface area contributed by atoms with Crippen molar-refractivity contribution in [1.29, 1.82) is 0 Å². The quantitative estimate of drug-likeness (QED) is 0.595. The van der Waals surface area contributed by atoms with Crippen molar-refractivity contribution in [3.05, 3.63) is 77.6 Å². The van der Waals surface area contributed by atoms with Gasteiger partial charge in [-0.2, -0.15) is 0 Å². The summed E-state index contributed by atoms with van der Waals surface area (Å²) in [7, 11) is 0. The molecule has 1 heterocycles. The van der Waals surface area contributed by atoms with Gasteiger partial charge in [-0.25, -0.2) is 0 Å². The molecule has 0 radical (unpaired) electrons. The van der Waals surface area contributed by atoms with Crippen LogP contribution in [-0.2, 0) is 6.42 Å². The van der Waals surface area contributed by atoms with E-state index in [0.29, 0.717) is 0 Å². The van der Waals surface area contributed by atoms with E-state index in [2.05, 4.69) is 67.4 Å². The third kappa shape index (κ3) is 3.45. The van der Waals surface area contributed by atoms with Gasteiger partial charge in [0.1, 0.15) is 0 Å². The Morgan fingerprint density at radius 2 is 1.55 bits per heavy atom. The minimum Gasteiger partial charge on any atom is -0.261 e. The Kier molecular flexibility index (Phi) is 4.89. The van der Waals surface area contributed by atoms with E-state index in [4.69, 9.17) is 0 Å². The predicted molar refractivity (Wildman–Crippen MR) is 87.0 cm³/mol. The zero-order valence-electron chi connectivity index (χ0n) is 12.4. The Balaban J connectivity index is 0.000000160. The molecular weight excluding hydrogens is 242 g/mol. The number of hydrogen-bond donors (Lipinski definition) is 0. The molecule has 1 aromatic heterocycles. The first-order valence-electron chi connectivity index (χ1n) is 7.07. The standard InChI is InChI=1S/C11H11N.C8H10/c1-8-4-3-5-11-9(2)12-7-6-10(8)11;1-2-8-6-4-3-5-7-8/h3-7H,1-2H3;3-7H,2H2,1H3. The number of rotatable bonds is 1.